The highest BCUT2D eigenvalue weighted by molar-refractivity contribution is 7.91. The molecule has 1 aliphatic rings. The number of aromatic nitrogens is 1. The van der Waals surface area contributed by atoms with E-state index in [0.29, 0.717) is 29.6 Å². The maximum atomic E-state index is 13.3. The molecule has 0 spiro atoms. The Hall–Kier alpha value is -2.38. The Morgan fingerprint density at radius 1 is 1.07 bits per heavy atom. The van der Waals surface area contributed by atoms with Crippen LogP contribution in [0.2, 0.25) is 5.02 Å². The predicted octanol–water partition coefficient (Wildman–Crippen LogP) is 5.20. The fourth-order valence-corrected chi connectivity index (χ4v) is 4.77. The van der Waals surface area contributed by atoms with Gasteiger partial charge in [0.25, 0.3) is 0 Å². The first-order valence-electron chi connectivity index (χ1n) is 9.37. The summed E-state index contributed by atoms with van der Waals surface area (Å²) >= 11 is 5.95. The molecule has 0 saturated carbocycles. The lowest BCUT2D eigenvalue weighted by molar-refractivity contribution is 0.416. The van der Waals surface area contributed by atoms with Gasteiger partial charge in [0.2, 0.25) is 26.6 Å². The number of nitrogens with zero attached hydrogens (tertiary/aromatic N) is 2. The van der Waals surface area contributed by atoms with Gasteiger partial charge in [-0.1, -0.05) is 18.5 Å². The van der Waals surface area contributed by atoms with E-state index in [2.05, 4.69) is 11.9 Å². The molecule has 1 aliphatic heterocycles. The van der Waals surface area contributed by atoms with Crippen LogP contribution in [0.25, 0.3) is 11.5 Å². The second kappa shape index (κ2) is 7.80. The average molecular weight is 435 g/mol. The zero-order valence-electron chi connectivity index (χ0n) is 15.8. The molecule has 0 aliphatic carbocycles. The molecule has 4 rings (SSSR count). The van der Waals surface area contributed by atoms with Gasteiger partial charge in [-0.05, 0) is 67.3 Å². The van der Waals surface area contributed by atoms with Crippen molar-refractivity contribution in [3.63, 3.8) is 0 Å². The van der Waals surface area contributed by atoms with Crippen LogP contribution in [0.1, 0.15) is 19.8 Å². The van der Waals surface area contributed by atoms with Crippen molar-refractivity contribution in [3.05, 3.63) is 59.4 Å². The Bertz CT molecular complexity index is 1100. The summed E-state index contributed by atoms with van der Waals surface area (Å²) in [7, 11) is -3.98. The molecule has 0 bridgehead atoms. The lowest BCUT2D eigenvalue weighted by Crippen LogP contribution is -2.33. The maximum Gasteiger partial charge on any atom is 0.236 e. The number of rotatable bonds is 4. The van der Waals surface area contributed by atoms with Gasteiger partial charge in [-0.2, -0.15) is 4.98 Å². The third kappa shape index (κ3) is 4.02. The second-order valence-corrected chi connectivity index (χ2v) is 9.56. The van der Waals surface area contributed by atoms with Gasteiger partial charge >= 0.3 is 0 Å². The molecule has 0 N–H and O–H groups in total. The van der Waals surface area contributed by atoms with Crippen LogP contribution in [-0.4, -0.2) is 26.5 Å². The molecule has 8 heteroatoms. The lowest BCUT2D eigenvalue weighted by Gasteiger charge is -2.30. The molecule has 5 nitrogen and oxygen atoms in total. The number of oxazole rings is 1. The molecule has 0 amide bonds. The van der Waals surface area contributed by atoms with Gasteiger partial charge in [-0.25, -0.2) is 12.8 Å². The average Bonchev–Trinajstić information content (AvgIpc) is 3.16. The van der Waals surface area contributed by atoms with Crippen molar-refractivity contribution in [1.29, 1.82) is 0 Å². The Labute approximate surface area is 174 Å². The highest BCUT2D eigenvalue weighted by atomic mass is 35.5. The first-order chi connectivity index (χ1) is 13.8. The SMILES string of the molecule is CC1CCN(c2oc(-c3ccc(Cl)cc3)nc2S(=O)(=O)c2ccc(F)cc2)CC1. The summed E-state index contributed by atoms with van der Waals surface area (Å²) in [4.78, 5) is 6.23. The quantitative estimate of drug-likeness (QED) is 0.528. The van der Waals surface area contributed by atoms with Gasteiger partial charge in [-0.15, -0.1) is 0 Å². The summed E-state index contributed by atoms with van der Waals surface area (Å²) in [6, 6.07) is 11.6. The van der Waals surface area contributed by atoms with Gasteiger partial charge in [-0.3, -0.25) is 0 Å². The second-order valence-electron chi connectivity index (χ2n) is 7.26. The van der Waals surface area contributed by atoms with E-state index < -0.39 is 15.7 Å². The Morgan fingerprint density at radius 2 is 1.69 bits per heavy atom. The Morgan fingerprint density at radius 3 is 2.31 bits per heavy atom. The van der Waals surface area contributed by atoms with Crippen LogP contribution in [0, 0.1) is 11.7 Å². The van der Waals surface area contributed by atoms with E-state index in [-0.39, 0.29) is 21.7 Å². The minimum Gasteiger partial charge on any atom is -0.419 e. The number of halogens is 2. The first-order valence-corrected chi connectivity index (χ1v) is 11.2. The fraction of sp³-hybridized carbons (Fsp3) is 0.286. The molecule has 0 atom stereocenters. The molecule has 152 valence electrons. The van der Waals surface area contributed by atoms with Crippen LogP contribution in [0.4, 0.5) is 10.3 Å². The summed E-state index contributed by atoms with van der Waals surface area (Å²) in [5, 5.41) is 0.410. The monoisotopic (exact) mass is 434 g/mol. The van der Waals surface area contributed by atoms with Crippen molar-refractivity contribution in [2.45, 2.75) is 29.7 Å². The van der Waals surface area contributed by atoms with E-state index in [1.165, 1.54) is 12.1 Å². The summed E-state index contributed by atoms with van der Waals surface area (Å²) in [6.45, 7) is 3.54. The molecule has 0 radical (unpaired) electrons. The third-order valence-corrected chi connectivity index (χ3v) is 7.04. The maximum absolute atomic E-state index is 13.3. The number of piperidine rings is 1. The van der Waals surface area contributed by atoms with Crippen LogP contribution in [0.3, 0.4) is 0 Å². The standard InChI is InChI=1S/C21H20ClFN2O3S/c1-14-10-12-25(13-11-14)21-20(29(26,27)18-8-6-17(23)7-9-18)24-19(28-21)15-2-4-16(22)5-3-15/h2-9,14H,10-13H2,1H3. The molecule has 1 fully saturated rings. The number of hydrogen-bond donors (Lipinski definition) is 0. The van der Waals surface area contributed by atoms with E-state index in [9.17, 15) is 12.8 Å². The van der Waals surface area contributed by atoms with Crippen LogP contribution >= 0.6 is 11.6 Å². The molecule has 1 saturated heterocycles. The van der Waals surface area contributed by atoms with Crippen LogP contribution in [0.5, 0.6) is 0 Å². The van der Waals surface area contributed by atoms with E-state index in [0.717, 1.165) is 25.0 Å². The number of hydrogen-bond acceptors (Lipinski definition) is 5. The molecular formula is C21H20ClFN2O3S. The largest absolute Gasteiger partial charge is 0.419 e. The molecule has 1 aromatic heterocycles. The van der Waals surface area contributed by atoms with Gasteiger partial charge in [0.1, 0.15) is 5.82 Å². The summed E-state index contributed by atoms with van der Waals surface area (Å²) in [5.74, 6) is 0.500. The van der Waals surface area contributed by atoms with Crippen LogP contribution < -0.4 is 4.90 Å². The molecule has 2 heterocycles. The third-order valence-electron chi connectivity index (χ3n) is 5.12. The van der Waals surface area contributed by atoms with Crippen molar-refractivity contribution in [2.24, 2.45) is 5.92 Å². The topological polar surface area (TPSA) is 63.4 Å². The highest BCUT2D eigenvalue weighted by Gasteiger charge is 2.32. The molecule has 0 unspecified atom stereocenters. The lowest BCUT2D eigenvalue weighted by atomic mass is 9.99. The van der Waals surface area contributed by atoms with E-state index >= 15 is 0 Å². The van der Waals surface area contributed by atoms with Crippen molar-refractivity contribution in [3.8, 4) is 11.5 Å². The molecule has 3 aromatic rings. The Balaban J connectivity index is 1.82. The number of benzene rings is 2. The van der Waals surface area contributed by atoms with Crippen molar-refractivity contribution < 1.29 is 17.2 Å². The van der Waals surface area contributed by atoms with Gasteiger partial charge in [0.15, 0.2) is 0 Å². The summed E-state index contributed by atoms with van der Waals surface area (Å²) in [5.41, 5.74) is 0.626. The number of sulfone groups is 1. The highest BCUT2D eigenvalue weighted by Crippen LogP contribution is 2.36. The summed E-state index contributed by atoms with van der Waals surface area (Å²) < 4.78 is 45.8. The smallest absolute Gasteiger partial charge is 0.236 e. The van der Waals surface area contributed by atoms with Gasteiger partial charge in [0.05, 0.1) is 4.90 Å². The Kier molecular flexibility index (Phi) is 5.36. The van der Waals surface area contributed by atoms with E-state index in [1.807, 2.05) is 4.90 Å². The van der Waals surface area contributed by atoms with Crippen molar-refractivity contribution in [2.75, 3.05) is 18.0 Å². The molecule has 2 aromatic carbocycles. The summed E-state index contributed by atoms with van der Waals surface area (Å²) in [6.07, 6.45) is 1.88. The van der Waals surface area contributed by atoms with Crippen molar-refractivity contribution >= 4 is 27.3 Å². The van der Waals surface area contributed by atoms with Gasteiger partial charge in [0, 0.05) is 23.7 Å². The fourth-order valence-electron chi connectivity index (χ4n) is 3.33. The number of anilines is 1. The van der Waals surface area contributed by atoms with E-state index in [1.54, 1.807) is 24.3 Å². The minimum atomic E-state index is -3.98. The van der Waals surface area contributed by atoms with Crippen LogP contribution in [0.15, 0.2) is 62.9 Å². The zero-order chi connectivity index (χ0) is 20.6. The first kappa shape index (κ1) is 19.9. The van der Waals surface area contributed by atoms with Crippen LogP contribution in [-0.2, 0) is 9.84 Å². The zero-order valence-corrected chi connectivity index (χ0v) is 17.4. The van der Waals surface area contributed by atoms with E-state index in [4.69, 9.17) is 16.0 Å². The normalized spacial score (nSPS) is 15.6. The molecule has 29 heavy (non-hydrogen) atoms. The predicted molar refractivity (Wildman–Crippen MR) is 109 cm³/mol. The van der Waals surface area contributed by atoms with Crippen molar-refractivity contribution in [1.82, 2.24) is 4.98 Å². The minimum absolute atomic E-state index is 0.0264. The molecular weight excluding hydrogens is 415 g/mol. The van der Waals surface area contributed by atoms with Gasteiger partial charge < -0.3 is 9.32 Å².